The number of rotatable bonds is 21. The second-order valence-corrected chi connectivity index (χ2v) is 17.7. The van der Waals surface area contributed by atoms with Crippen LogP contribution in [0.2, 0.25) is 0 Å². The summed E-state index contributed by atoms with van der Waals surface area (Å²) in [7, 11) is 0. The first-order valence-electron chi connectivity index (χ1n) is 24.0. The molecule has 4 N–H and O–H groups in total. The summed E-state index contributed by atoms with van der Waals surface area (Å²) in [6.07, 6.45) is -1.39. The molecule has 2 fully saturated rings. The maximum absolute atomic E-state index is 14.4. The van der Waals surface area contributed by atoms with Crippen LogP contribution in [0.3, 0.4) is 0 Å². The highest BCUT2D eigenvalue weighted by Gasteiger charge is 2.46. The van der Waals surface area contributed by atoms with E-state index >= 15 is 0 Å². The van der Waals surface area contributed by atoms with Gasteiger partial charge in [0.1, 0.15) is 6.04 Å². The number of aromatic nitrogens is 3. The van der Waals surface area contributed by atoms with Gasteiger partial charge in [-0.05, 0) is 66.9 Å². The Hall–Kier alpha value is -7.39. The van der Waals surface area contributed by atoms with Crippen molar-refractivity contribution in [3.8, 4) is 11.8 Å². The smallest absolute Gasteiger partial charge is 0.379 e. The number of amides is 6. The van der Waals surface area contributed by atoms with Gasteiger partial charge in [-0.2, -0.15) is 18.3 Å². The number of halogens is 3. The van der Waals surface area contributed by atoms with Gasteiger partial charge in [0.15, 0.2) is 5.65 Å². The average molecular weight is 1020 g/mol. The number of aryl methyl sites for hydroxylation is 1. The fourth-order valence-corrected chi connectivity index (χ4v) is 8.57. The lowest BCUT2D eigenvalue weighted by atomic mass is 10.0. The molecule has 0 bridgehead atoms. The minimum absolute atomic E-state index is 0.00510. The molecule has 3 aromatic carbocycles. The number of hydrogen-bond acceptors (Lipinski definition) is 14. The van der Waals surface area contributed by atoms with Gasteiger partial charge in [0.05, 0.1) is 87.9 Å². The predicted molar refractivity (Wildman–Crippen MR) is 262 cm³/mol. The molecule has 2 saturated heterocycles. The highest BCUT2D eigenvalue weighted by molar-refractivity contribution is 6.26. The van der Waals surface area contributed by atoms with Gasteiger partial charge in [0.2, 0.25) is 17.7 Å². The Labute approximate surface area is 423 Å². The Morgan fingerprint density at radius 1 is 0.797 bits per heavy atom. The summed E-state index contributed by atoms with van der Waals surface area (Å²) in [6, 6.07) is 14.0. The molecule has 5 heterocycles. The van der Waals surface area contributed by atoms with Crippen molar-refractivity contribution in [3.05, 3.63) is 118 Å². The van der Waals surface area contributed by atoms with E-state index in [0.717, 1.165) is 21.9 Å². The Kier molecular flexibility index (Phi) is 17.6. The first-order valence-corrected chi connectivity index (χ1v) is 24.0. The molecule has 388 valence electrons. The minimum atomic E-state index is -4.63. The minimum Gasteiger partial charge on any atom is -0.379 e. The molecule has 2 aromatic heterocycles. The molecule has 0 aliphatic carbocycles. The number of anilines is 2. The Morgan fingerprint density at radius 2 is 1.51 bits per heavy atom. The second kappa shape index (κ2) is 24.6. The zero-order valence-electron chi connectivity index (χ0n) is 40.5. The van der Waals surface area contributed by atoms with Crippen molar-refractivity contribution in [1.82, 2.24) is 35.2 Å². The number of pyridine rings is 1. The average Bonchev–Trinajstić information content (AvgIpc) is 3.96. The summed E-state index contributed by atoms with van der Waals surface area (Å²) in [5.41, 5.74) is 2.52. The number of piperazine rings is 1. The van der Waals surface area contributed by atoms with Crippen molar-refractivity contribution in [2.45, 2.75) is 44.9 Å². The first-order chi connectivity index (χ1) is 35.7. The van der Waals surface area contributed by atoms with E-state index in [2.05, 4.69) is 47.9 Å². The Bertz CT molecular complexity index is 2960. The van der Waals surface area contributed by atoms with Crippen LogP contribution in [0, 0.1) is 18.8 Å². The van der Waals surface area contributed by atoms with Crippen molar-refractivity contribution in [1.29, 1.82) is 0 Å². The zero-order chi connectivity index (χ0) is 52.2. The molecule has 0 spiro atoms. The van der Waals surface area contributed by atoms with Crippen LogP contribution in [0.5, 0.6) is 0 Å². The fraction of sp³-hybridized carbons (Fsp3) is 0.385. The SMILES string of the molecule is Cc1ccc(C(=O)Nc2ccc(CN3CCN(CCOCCOCCOCCOCCC(=O)Nc4cccc5c4C(=O)N(C4CCC(=O)NC4=O)C5=O)CC3)c(C(F)(F)F)c2)cc1C#Cc1cnc2[nH]ncc2c1. The van der Waals surface area contributed by atoms with Gasteiger partial charge in [0.25, 0.3) is 17.7 Å². The molecule has 3 aliphatic heterocycles. The zero-order valence-corrected chi connectivity index (χ0v) is 40.5. The van der Waals surface area contributed by atoms with Crippen LogP contribution >= 0.6 is 0 Å². The lowest BCUT2D eigenvalue weighted by molar-refractivity contribution is -0.138. The molecular formula is C52H54F3N9O10. The molecule has 22 heteroatoms. The van der Waals surface area contributed by atoms with Crippen molar-refractivity contribution in [2.24, 2.45) is 0 Å². The standard InChI is InChI=1S/C52H54F3N9O10/c1-33-5-7-36(28-35(33)8-6-34-27-38-31-57-61-47(38)56-30-34)48(67)58-39-10-9-37(41(29-39)52(53,54)55)32-63-16-14-62(15-17-63)18-20-72-22-24-74-26-25-73-23-21-71-19-13-45(66)59-42-4-2-3-40-46(42)51(70)64(50(40)69)43-11-12-44(65)60-49(43)68/h2-5,7,9-10,27-31,43H,11-26,32H2,1H3,(H,58,67)(H,59,66)(H,56,57,61)(H,60,65,68). The molecule has 0 saturated carbocycles. The van der Waals surface area contributed by atoms with Crippen molar-refractivity contribution >= 4 is 57.9 Å². The third-order valence-electron chi connectivity index (χ3n) is 12.5. The quantitative estimate of drug-likeness (QED) is 0.0450. The Balaban J connectivity index is 0.660. The summed E-state index contributed by atoms with van der Waals surface area (Å²) < 4.78 is 65.5. The van der Waals surface area contributed by atoms with E-state index in [1.165, 1.54) is 30.3 Å². The molecule has 3 aliphatic rings. The third-order valence-corrected chi connectivity index (χ3v) is 12.5. The molecule has 6 amide bonds. The largest absolute Gasteiger partial charge is 0.416 e. The number of aromatic amines is 1. The van der Waals surface area contributed by atoms with Gasteiger partial charge in [-0.15, -0.1) is 0 Å². The summed E-state index contributed by atoms with van der Waals surface area (Å²) >= 11 is 0. The van der Waals surface area contributed by atoms with Crippen molar-refractivity contribution in [2.75, 3.05) is 96.2 Å². The predicted octanol–water partition coefficient (Wildman–Crippen LogP) is 4.55. The monoisotopic (exact) mass is 1020 g/mol. The highest BCUT2D eigenvalue weighted by atomic mass is 19.4. The molecule has 19 nitrogen and oxygen atoms in total. The number of benzene rings is 3. The van der Waals surface area contributed by atoms with Crippen LogP contribution in [0.1, 0.15) is 78.2 Å². The highest BCUT2D eigenvalue weighted by Crippen LogP contribution is 2.35. The number of nitrogens with one attached hydrogen (secondary N) is 4. The summed E-state index contributed by atoms with van der Waals surface area (Å²) in [4.78, 5) is 85.4. The summed E-state index contributed by atoms with van der Waals surface area (Å²) in [5, 5.41) is 15.0. The van der Waals surface area contributed by atoms with Crippen molar-refractivity contribution in [3.63, 3.8) is 0 Å². The number of carbonyl (C=O) groups excluding carboxylic acids is 6. The lowest BCUT2D eigenvalue weighted by Crippen LogP contribution is -2.54. The van der Waals surface area contributed by atoms with E-state index in [1.807, 2.05) is 17.9 Å². The van der Waals surface area contributed by atoms with E-state index in [1.54, 1.807) is 30.6 Å². The normalized spacial score (nSPS) is 16.3. The summed E-state index contributed by atoms with van der Waals surface area (Å²) in [6.45, 7) is 7.52. The van der Waals surface area contributed by atoms with Gasteiger partial charge < -0.3 is 29.6 Å². The van der Waals surface area contributed by atoms with E-state index < -0.39 is 53.2 Å². The maximum Gasteiger partial charge on any atom is 0.416 e. The van der Waals surface area contributed by atoms with Crippen LogP contribution in [-0.2, 0) is 46.1 Å². The number of alkyl halides is 3. The van der Waals surface area contributed by atoms with Gasteiger partial charge in [-0.3, -0.25) is 53.9 Å². The molecule has 1 unspecified atom stereocenters. The van der Waals surface area contributed by atoms with Crippen LogP contribution in [0.25, 0.3) is 11.0 Å². The van der Waals surface area contributed by atoms with Crippen LogP contribution < -0.4 is 16.0 Å². The molecule has 1 atom stereocenters. The summed E-state index contributed by atoms with van der Waals surface area (Å²) in [5.74, 6) is 2.53. The van der Waals surface area contributed by atoms with E-state index in [-0.39, 0.29) is 79.3 Å². The first kappa shape index (κ1) is 52.9. The fourth-order valence-electron chi connectivity index (χ4n) is 8.57. The molecule has 74 heavy (non-hydrogen) atoms. The number of hydrogen-bond donors (Lipinski definition) is 4. The number of nitrogens with zero attached hydrogens (tertiary/aromatic N) is 5. The van der Waals surface area contributed by atoms with Crippen molar-refractivity contribution < 1.29 is 60.9 Å². The van der Waals surface area contributed by atoms with E-state index in [9.17, 15) is 41.9 Å². The van der Waals surface area contributed by atoms with Gasteiger partial charge in [-0.25, -0.2) is 4.98 Å². The Morgan fingerprint density at radius 3 is 2.24 bits per heavy atom. The molecule has 5 aromatic rings. The molecule has 0 radical (unpaired) electrons. The number of H-pyrrole nitrogens is 1. The second-order valence-electron chi connectivity index (χ2n) is 17.7. The number of ether oxygens (including phenoxy) is 4. The van der Waals surface area contributed by atoms with E-state index in [0.29, 0.717) is 82.5 Å². The third kappa shape index (κ3) is 13.6. The van der Waals surface area contributed by atoms with E-state index in [4.69, 9.17) is 18.9 Å². The molecule has 8 rings (SSSR count). The maximum atomic E-state index is 14.4. The van der Waals surface area contributed by atoms with Gasteiger partial charge >= 0.3 is 6.18 Å². The number of fused-ring (bicyclic) bond motifs is 2. The van der Waals surface area contributed by atoms with Crippen LogP contribution in [0.15, 0.2) is 73.1 Å². The number of imide groups is 2. The number of carbonyl (C=O) groups is 6. The molecular weight excluding hydrogens is 968 g/mol. The lowest BCUT2D eigenvalue weighted by Gasteiger charge is -2.35. The van der Waals surface area contributed by atoms with Crippen LogP contribution in [-0.4, -0.2) is 157 Å². The number of piperidine rings is 1. The van der Waals surface area contributed by atoms with Gasteiger partial charge in [0, 0.05) is 79.7 Å². The van der Waals surface area contributed by atoms with Crippen LogP contribution in [0.4, 0.5) is 24.5 Å². The van der Waals surface area contributed by atoms with Gasteiger partial charge in [-0.1, -0.05) is 30.0 Å². The topological polar surface area (TPSA) is 227 Å².